The molecule has 0 bridgehead atoms. The summed E-state index contributed by atoms with van der Waals surface area (Å²) in [6.07, 6.45) is 5.21. The molecule has 4 nitrogen and oxygen atoms in total. The minimum atomic E-state index is -0.360. The largest absolute Gasteiger partial charge is 0.388 e. The standard InChI is InChI=1S/C19H25N3O/c23-18(14-4-2-1-3-5-14)10-13-22-11-8-16-17(9-12-22)20-21-19(16)15-6-7-15/h1-5,15,18,23H,6-13H2,(H,20,21)/t18-/m0/s1. The zero-order valence-corrected chi connectivity index (χ0v) is 13.5. The summed E-state index contributed by atoms with van der Waals surface area (Å²) in [4.78, 5) is 2.48. The Morgan fingerprint density at radius 3 is 2.74 bits per heavy atom. The second-order valence-electron chi connectivity index (χ2n) is 6.90. The third-order valence-electron chi connectivity index (χ3n) is 5.21. The van der Waals surface area contributed by atoms with Crippen molar-refractivity contribution in [2.45, 2.75) is 44.1 Å². The summed E-state index contributed by atoms with van der Waals surface area (Å²) in [7, 11) is 0. The van der Waals surface area contributed by atoms with Crippen LogP contribution in [0.15, 0.2) is 30.3 Å². The molecule has 0 spiro atoms. The lowest BCUT2D eigenvalue weighted by Crippen LogP contribution is -2.28. The van der Waals surface area contributed by atoms with Crippen LogP contribution in [0.3, 0.4) is 0 Å². The van der Waals surface area contributed by atoms with Crippen molar-refractivity contribution in [3.63, 3.8) is 0 Å². The number of nitrogens with one attached hydrogen (secondary N) is 1. The second kappa shape index (κ2) is 6.46. The van der Waals surface area contributed by atoms with Crippen LogP contribution in [0.2, 0.25) is 0 Å². The summed E-state index contributed by atoms with van der Waals surface area (Å²) in [6.45, 7) is 3.08. The maximum atomic E-state index is 10.3. The van der Waals surface area contributed by atoms with Crippen molar-refractivity contribution < 1.29 is 5.11 Å². The molecule has 0 amide bonds. The Kier molecular flexibility index (Phi) is 4.19. The van der Waals surface area contributed by atoms with Crippen molar-refractivity contribution in [1.82, 2.24) is 15.1 Å². The molecule has 1 aliphatic carbocycles. The Bertz CT molecular complexity index is 648. The summed E-state index contributed by atoms with van der Waals surface area (Å²) in [5.41, 5.74) is 5.19. The fourth-order valence-corrected chi connectivity index (χ4v) is 3.62. The summed E-state index contributed by atoms with van der Waals surface area (Å²) in [5, 5.41) is 18.2. The lowest BCUT2D eigenvalue weighted by molar-refractivity contribution is 0.143. The van der Waals surface area contributed by atoms with Gasteiger partial charge in [-0.2, -0.15) is 5.10 Å². The first-order valence-corrected chi connectivity index (χ1v) is 8.82. The van der Waals surface area contributed by atoms with Crippen LogP contribution in [0.5, 0.6) is 0 Å². The molecule has 2 aromatic rings. The highest BCUT2D eigenvalue weighted by Gasteiger charge is 2.31. The molecule has 0 radical (unpaired) electrons. The van der Waals surface area contributed by atoms with Crippen molar-refractivity contribution in [3.8, 4) is 0 Å². The van der Waals surface area contributed by atoms with E-state index in [0.29, 0.717) is 0 Å². The highest BCUT2D eigenvalue weighted by molar-refractivity contribution is 5.32. The fourth-order valence-electron chi connectivity index (χ4n) is 3.62. The van der Waals surface area contributed by atoms with Gasteiger partial charge in [-0.05, 0) is 36.8 Å². The van der Waals surface area contributed by atoms with Crippen molar-refractivity contribution >= 4 is 0 Å². The molecule has 1 aromatic heterocycles. The van der Waals surface area contributed by atoms with E-state index in [1.54, 1.807) is 0 Å². The number of hydrogen-bond acceptors (Lipinski definition) is 3. The quantitative estimate of drug-likeness (QED) is 0.893. The van der Waals surface area contributed by atoms with Crippen LogP contribution in [0.1, 0.15) is 53.8 Å². The van der Waals surface area contributed by atoms with Gasteiger partial charge >= 0.3 is 0 Å². The van der Waals surface area contributed by atoms with Gasteiger partial charge in [0.05, 0.1) is 11.8 Å². The molecular formula is C19H25N3O. The van der Waals surface area contributed by atoms with Crippen molar-refractivity contribution in [3.05, 3.63) is 52.8 Å². The Morgan fingerprint density at radius 2 is 1.96 bits per heavy atom. The first-order chi connectivity index (χ1) is 11.3. The molecule has 4 rings (SSSR count). The van der Waals surface area contributed by atoms with E-state index < -0.39 is 0 Å². The number of benzene rings is 1. The number of H-pyrrole nitrogens is 1. The SMILES string of the molecule is O[C@@H](CCN1CCc2[nH]nc(C3CC3)c2CC1)c1ccccc1. The first kappa shape index (κ1) is 14.9. The summed E-state index contributed by atoms with van der Waals surface area (Å²) < 4.78 is 0. The van der Waals surface area contributed by atoms with E-state index in [-0.39, 0.29) is 6.10 Å². The zero-order valence-electron chi connectivity index (χ0n) is 13.5. The monoisotopic (exact) mass is 311 g/mol. The highest BCUT2D eigenvalue weighted by atomic mass is 16.3. The zero-order chi connectivity index (χ0) is 15.6. The van der Waals surface area contributed by atoms with E-state index in [0.717, 1.165) is 50.4 Å². The Labute approximate surface area is 137 Å². The van der Waals surface area contributed by atoms with Gasteiger partial charge in [0.2, 0.25) is 0 Å². The number of aromatic amines is 1. The molecule has 1 fully saturated rings. The lowest BCUT2D eigenvalue weighted by Gasteiger charge is -2.21. The van der Waals surface area contributed by atoms with Gasteiger partial charge in [0.15, 0.2) is 0 Å². The van der Waals surface area contributed by atoms with Crippen LogP contribution >= 0.6 is 0 Å². The molecular weight excluding hydrogens is 286 g/mol. The van der Waals surface area contributed by atoms with E-state index in [2.05, 4.69) is 15.1 Å². The van der Waals surface area contributed by atoms with Gasteiger partial charge in [0.1, 0.15) is 0 Å². The van der Waals surface area contributed by atoms with Gasteiger partial charge in [-0.15, -0.1) is 0 Å². The Morgan fingerprint density at radius 1 is 1.17 bits per heavy atom. The molecule has 2 N–H and O–H groups in total. The molecule has 122 valence electrons. The minimum Gasteiger partial charge on any atom is -0.388 e. The van der Waals surface area contributed by atoms with Crippen molar-refractivity contribution in [2.24, 2.45) is 0 Å². The molecule has 0 unspecified atom stereocenters. The normalized spacial score (nSPS) is 20.0. The van der Waals surface area contributed by atoms with E-state index in [1.165, 1.54) is 29.8 Å². The molecule has 0 saturated heterocycles. The first-order valence-electron chi connectivity index (χ1n) is 8.82. The van der Waals surface area contributed by atoms with Crippen LogP contribution in [0, 0.1) is 0 Å². The number of hydrogen-bond donors (Lipinski definition) is 2. The highest BCUT2D eigenvalue weighted by Crippen LogP contribution is 2.41. The van der Waals surface area contributed by atoms with Gasteiger partial charge in [0.25, 0.3) is 0 Å². The van der Waals surface area contributed by atoms with Crippen LogP contribution in [0.4, 0.5) is 0 Å². The van der Waals surface area contributed by atoms with Crippen LogP contribution in [-0.2, 0) is 12.8 Å². The van der Waals surface area contributed by atoms with Crippen LogP contribution < -0.4 is 0 Å². The molecule has 1 atom stereocenters. The maximum Gasteiger partial charge on any atom is 0.0802 e. The molecule has 23 heavy (non-hydrogen) atoms. The van der Waals surface area contributed by atoms with E-state index in [1.807, 2.05) is 30.3 Å². The van der Waals surface area contributed by atoms with Gasteiger partial charge in [-0.25, -0.2) is 0 Å². The van der Waals surface area contributed by atoms with E-state index in [9.17, 15) is 5.11 Å². The molecule has 4 heteroatoms. The van der Waals surface area contributed by atoms with Crippen LogP contribution in [0.25, 0.3) is 0 Å². The van der Waals surface area contributed by atoms with Gasteiger partial charge < -0.3 is 10.0 Å². The number of aliphatic hydroxyl groups is 1. The number of aliphatic hydroxyl groups excluding tert-OH is 1. The number of rotatable bonds is 5. The number of fused-ring (bicyclic) bond motifs is 1. The summed E-state index contributed by atoms with van der Waals surface area (Å²) in [6, 6.07) is 9.98. The molecule has 1 saturated carbocycles. The van der Waals surface area contributed by atoms with Gasteiger partial charge in [0, 0.05) is 37.7 Å². The molecule has 1 aliphatic heterocycles. The second-order valence-corrected chi connectivity index (χ2v) is 6.90. The van der Waals surface area contributed by atoms with Crippen LogP contribution in [-0.4, -0.2) is 39.8 Å². The lowest BCUT2D eigenvalue weighted by atomic mass is 10.1. The van der Waals surface area contributed by atoms with E-state index in [4.69, 9.17) is 0 Å². The third-order valence-corrected chi connectivity index (χ3v) is 5.21. The molecule has 1 aromatic carbocycles. The predicted molar refractivity (Wildman–Crippen MR) is 90.4 cm³/mol. The average Bonchev–Trinajstić information content (AvgIpc) is 3.39. The van der Waals surface area contributed by atoms with Gasteiger partial charge in [-0.3, -0.25) is 5.10 Å². The van der Waals surface area contributed by atoms with Crippen molar-refractivity contribution in [1.29, 1.82) is 0 Å². The smallest absolute Gasteiger partial charge is 0.0802 e. The van der Waals surface area contributed by atoms with E-state index >= 15 is 0 Å². The van der Waals surface area contributed by atoms with Gasteiger partial charge in [-0.1, -0.05) is 30.3 Å². The number of nitrogens with zero attached hydrogens (tertiary/aromatic N) is 2. The Hall–Kier alpha value is -1.65. The fraction of sp³-hybridized carbons (Fsp3) is 0.526. The minimum absolute atomic E-state index is 0.360. The predicted octanol–water partition coefficient (Wildman–Crippen LogP) is 2.81. The average molecular weight is 311 g/mol. The summed E-state index contributed by atoms with van der Waals surface area (Å²) in [5.74, 6) is 0.724. The molecule has 2 aliphatic rings. The topological polar surface area (TPSA) is 52.1 Å². The summed E-state index contributed by atoms with van der Waals surface area (Å²) >= 11 is 0. The Balaban J connectivity index is 1.33. The maximum absolute atomic E-state index is 10.3. The van der Waals surface area contributed by atoms with Crippen molar-refractivity contribution in [2.75, 3.05) is 19.6 Å². The number of aromatic nitrogens is 2. The molecule has 2 heterocycles. The third kappa shape index (κ3) is 3.33.